The summed E-state index contributed by atoms with van der Waals surface area (Å²) in [6, 6.07) is 0. The summed E-state index contributed by atoms with van der Waals surface area (Å²) in [5.41, 5.74) is 2.45. The zero-order valence-corrected chi connectivity index (χ0v) is 11.6. The number of nitrogens with zero attached hydrogens (tertiary/aromatic N) is 3. The van der Waals surface area contributed by atoms with E-state index in [1.54, 1.807) is 6.20 Å². The summed E-state index contributed by atoms with van der Waals surface area (Å²) in [6.45, 7) is 6.55. The van der Waals surface area contributed by atoms with Crippen molar-refractivity contribution in [2.24, 2.45) is 17.7 Å². The lowest BCUT2D eigenvalue weighted by molar-refractivity contribution is 0.310. The summed E-state index contributed by atoms with van der Waals surface area (Å²) in [5, 5.41) is 0.581. The Kier molecular flexibility index (Phi) is 4.24. The van der Waals surface area contributed by atoms with E-state index in [4.69, 9.17) is 17.4 Å². The fourth-order valence-corrected chi connectivity index (χ4v) is 2.64. The average Bonchev–Trinajstić information content (AvgIpc) is 2.39. The minimum Gasteiger partial charge on any atom is -0.355 e. The van der Waals surface area contributed by atoms with E-state index in [1.165, 1.54) is 12.8 Å². The van der Waals surface area contributed by atoms with Crippen molar-refractivity contribution in [2.75, 3.05) is 23.4 Å². The minimum atomic E-state index is 0.403. The van der Waals surface area contributed by atoms with Gasteiger partial charge < -0.3 is 4.90 Å². The van der Waals surface area contributed by atoms with Crippen molar-refractivity contribution in [1.29, 1.82) is 0 Å². The molecule has 0 aromatic carbocycles. The largest absolute Gasteiger partial charge is 0.355 e. The van der Waals surface area contributed by atoms with Gasteiger partial charge in [0.1, 0.15) is 5.02 Å². The van der Waals surface area contributed by atoms with Crippen LogP contribution in [0.25, 0.3) is 0 Å². The zero-order chi connectivity index (χ0) is 13.1. The molecule has 5 nitrogen and oxygen atoms in total. The van der Waals surface area contributed by atoms with Gasteiger partial charge in [-0.2, -0.15) is 4.98 Å². The molecule has 18 heavy (non-hydrogen) atoms. The van der Waals surface area contributed by atoms with Gasteiger partial charge in [-0.15, -0.1) is 0 Å². The van der Waals surface area contributed by atoms with Crippen molar-refractivity contribution in [3.8, 4) is 0 Å². The molecule has 1 aliphatic heterocycles. The maximum absolute atomic E-state index is 6.15. The minimum absolute atomic E-state index is 0.403. The monoisotopic (exact) mass is 269 g/mol. The smallest absolute Gasteiger partial charge is 0.239 e. The molecule has 1 saturated heterocycles. The number of rotatable bonds is 3. The first-order valence-electron chi connectivity index (χ1n) is 6.36. The fraction of sp³-hybridized carbons (Fsp3) is 0.667. The number of anilines is 2. The van der Waals surface area contributed by atoms with Gasteiger partial charge in [0.05, 0.1) is 6.20 Å². The highest BCUT2D eigenvalue weighted by atomic mass is 35.5. The summed E-state index contributed by atoms with van der Waals surface area (Å²) in [7, 11) is 0. The van der Waals surface area contributed by atoms with E-state index >= 15 is 0 Å². The SMILES string of the molecule is CC(C)C1CCN(c2nc(NN)ncc2Cl)CC1. The van der Waals surface area contributed by atoms with E-state index in [2.05, 4.69) is 34.1 Å². The fourth-order valence-electron chi connectivity index (χ4n) is 2.43. The molecule has 0 saturated carbocycles. The maximum Gasteiger partial charge on any atom is 0.239 e. The third-order valence-corrected chi connectivity index (χ3v) is 3.90. The second-order valence-electron chi connectivity index (χ2n) is 5.08. The van der Waals surface area contributed by atoms with Gasteiger partial charge in [-0.1, -0.05) is 25.4 Å². The van der Waals surface area contributed by atoms with Gasteiger partial charge in [-0.25, -0.2) is 10.8 Å². The van der Waals surface area contributed by atoms with Crippen LogP contribution in [0.2, 0.25) is 5.02 Å². The highest BCUT2D eigenvalue weighted by Crippen LogP contribution is 2.30. The summed E-state index contributed by atoms with van der Waals surface area (Å²) in [4.78, 5) is 10.5. The lowest BCUT2D eigenvalue weighted by Crippen LogP contribution is -2.36. The summed E-state index contributed by atoms with van der Waals surface area (Å²) >= 11 is 6.15. The summed E-state index contributed by atoms with van der Waals surface area (Å²) < 4.78 is 0. The lowest BCUT2D eigenvalue weighted by atomic mass is 9.87. The topological polar surface area (TPSA) is 67.1 Å². The van der Waals surface area contributed by atoms with E-state index in [-0.39, 0.29) is 0 Å². The number of hydrazine groups is 1. The number of nitrogens with one attached hydrogen (secondary N) is 1. The van der Waals surface area contributed by atoms with Crippen LogP contribution in [0.1, 0.15) is 26.7 Å². The Hall–Kier alpha value is -1.07. The van der Waals surface area contributed by atoms with Crippen LogP contribution in [0.5, 0.6) is 0 Å². The van der Waals surface area contributed by atoms with E-state index in [0.29, 0.717) is 11.0 Å². The normalized spacial score (nSPS) is 17.3. The maximum atomic E-state index is 6.15. The van der Waals surface area contributed by atoms with E-state index in [9.17, 15) is 0 Å². The van der Waals surface area contributed by atoms with Crippen molar-refractivity contribution in [3.05, 3.63) is 11.2 Å². The van der Waals surface area contributed by atoms with E-state index in [0.717, 1.165) is 30.7 Å². The molecule has 1 fully saturated rings. The number of nitrogens with two attached hydrogens (primary N) is 1. The molecule has 0 atom stereocenters. The molecule has 3 N–H and O–H groups in total. The summed E-state index contributed by atoms with van der Waals surface area (Å²) in [6.07, 6.45) is 3.96. The van der Waals surface area contributed by atoms with Gasteiger partial charge in [-0.3, -0.25) is 5.43 Å². The molecular formula is C12H20ClN5. The van der Waals surface area contributed by atoms with Crippen LogP contribution in [0, 0.1) is 11.8 Å². The number of hydrogen-bond acceptors (Lipinski definition) is 5. The molecule has 100 valence electrons. The van der Waals surface area contributed by atoms with Crippen LogP contribution in [0.15, 0.2) is 6.20 Å². The molecule has 0 radical (unpaired) electrons. The number of nitrogen functional groups attached to an aromatic ring is 1. The molecule has 1 aromatic heterocycles. The van der Waals surface area contributed by atoms with Gasteiger partial charge >= 0.3 is 0 Å². The Balaban J connectivity index is 2.09. The average molecular weight is 270 g/mol. The van der Waals surface area contributed by atoms with Gasteiger partial charge in [0.25, 0.3) is 0 Å². The summed E-state index contributed by atoms with van der Waals surface area (Å²) in [5.74, 6) is 8.05. The third-order valence-electron chi connectivity index (χ3n) is 3.64. The van der Waals surface area contributed by atoms with Crippen LogP contribution in [0.3, 0.4) is 0 Å². The predicted molar refractivity (Wildman–Crippen MR) is 74.6 cm³/mol. The molecule has 0 amide bonds. The second kappa shape index (κ2) is 5.71. The molecule has 0 aliphatic carbocycles. The van der Waals surface area contributed by atoms with Gasteiger partial charge in [0.15, 0.2) is 5.82 Å². The molecule has 6 heteroatoms. The Labute approximate surface area is 113 Å². The molecular weight excluding hydrogens is 250 g/mol. The van der Waals surface area contributed by atoms with Crippen molar-refractivity contribution in [1.82, 2.24) is 9.97 Å². The Morgan fingerprint density at radius 1 is 1.44 bits per heavy atom. The Bertz CT molecular complexity index is 401. The first-order valence-corrected chi connectivity index (χ1v) is 6.73. The molecule has 2 heterocycles. The van der Waals surface area contributed by atoms with Crippen LogP contribution < -0.4 is 16.2 Å². The molecule has 1 aromatic rings. The zero-order valence-electron chi connectivity index (χ0n) is 10.9. The first kappa shape index (κ1) is 13.4. The molecule has 2 rings (SSSR count). The van der Waals surface area contributed by atoms with Crippen LogP contribution in [-0.4, -0.2) is 23.1 Å². The Morgan fingerprint density at radius 3 is 2.67 bits per heavy atom. The molecule has 0 spiro atoms. The van der Waals surface area contributed by atoms with Crippen LogP contribution in [-0.2, 0) is 0 Å². The molecule has 1 aliphatic rings. The van der Waals surface area contributed by atoms with Crippen molar-refractivity contribution in [3.63, 3.8) is 0 Å². The van der Waals surface area contributed by atoms with Crippen molar-refractivity contribution < 1.29 is 0 Å². The van der Waals surface area contributed by atoms with Gasteiger partial charge in [-0.05, 0) is 24.7 Å². The van der Waals surface area contributed by atoms with Gasteiger partial charge in [0.2, 0.25) is 5.95 Å². The highest BCUT2D eigenvalue weighted by molar-refractivity contribution is 6.32. The Morgan fingerprint density at radius 2 is 2.11 bits per heavy atom. The molecule has 0 unspecified atom stereocenters. The number of aromatic nitrogens is 2. The first-order chi connectivity index (χ1) is 8.61. The lowest BCUT2D eigenvalue weighted by Gasteiger charge is -2.34. The number of hydrogen-bond donors (Lipinski definition) is 2. The second-order valence-corrected chi connectivity index (χ2v) is 5.49. The quantitative estimate of drug-likeness (QED) is 0.651. The van der Waals surface area contributed by atoms with Crippen LogP contribution in [0.4, 0.5) is 11.8 Å². The number of piperidine rings is 1. The van der Waals surface area contributed by atoms with Crippen molar-refractivity contribution in [2.45, 2.75) is 26.7 Å². The molecule has 0 bridgehead atoms. The standard InChI is InChI=1S/C12H20ClN5/c1-8(2)9-3-5-18(6-4-9)11-10(13)7-15-12(16-11)17-14/h7-9H,3-6,14H2,1-2H3,(H,15,16,17). The van der Waals surface area contributed by atoms with Crippen LogP contribution >= 0.6 is 11.6 Å². The third kappa shape index (κ3) is 2.84. The highest BCUT2D eigenvalue weighted by Gasteiger charge is 2.23. The number of halogens is 1. The van der Waals surface area contributed by atoms with E-state index < -0.39 is 0 Å². The predicted octanol–water partition coefficient (Wildman–Crippen LogP) is 2.29. The van der Waals surface area contributed by atoms with Gasteiger partial charge in [0, 0.05) is 13.1 Å². The van der Waals surface area contributed by atoms with Crippen molar-refractivity contribution >= 4 is 23.4 Å². The van der Waals surface area contributed by atoms with E-state index in [1.807, 2.05) is 0 Å².